The molecule has 1 saturated heterocycles. The van der Waals surface area contributed by atoms with E-state index in [1.165, 1.54) is 11.1 Å². The topological polar surface area (TPSA) is 48.0 Å². The van der Waals surface area contributed by atoms with Gasteiger partial charge in [-0.15, -0.1) is 0 Å². The van der Waals surface area contributed by atoms with E-state index in [4.69, 9.17) is 14.2 Å². The first-order valence-electron chi connectivity index (χ1n) is 14.6. The van der Waals surface area contributed by atoms with Gasteiger partial charge in [0, 0.05) is 13.2 Å². The lowest BCUT2D eigenvalue weighted by molar-refractivity contribution is -0.170. The van der Waals surface area contributed by atoms with Crippen LogP contribution in [0.2, 0.25) is 0 Å². The molecule has 1 aliphatic heterocycles. The quantitative estimate of drug-likeness (QED) is 0.181. The fraction of sp³-hybridized carbons (Fsp3) is 0.781. The number of carbonyl (C=O) groups excluding carboxylic acids is 1. The summed E-state index contributed by atoms with van der Waals surface area (Å²) in [6, 6.07) is 8.58. The van der Waals surface area contributed by atoms with Crippen LogP contribution in [0.3, 0.4) is 0 Å². The minimum Gasteiger partial charge on any atom is -0.458 e. The van der Waals surface area contributed by atoms with Crippen molar-refractivity contribution in [2.45, 2.75) is 125 Å². The highest BCUT2D eigenvalue weighted by Gasteiger charge is 2.45. The van der Waals surface area contributed by atoms with Crippen LogP contribution in [0.5, 0.6) is 0 Å². The van der Waals surface area contributed by atoms with Crippen molar-refractivity contribution >= 4 is 5.97 Å². The Balaban J connectivity index is 2.23. The number of benzene rings is 1. The number of hydrogen-bond donors (Lipinski definition) is 0. The first-order valence-corrected chi connectivity index (χ1v) is 14.6. The fourth-order valence-electron chi connectivity index (χ4n) is 5.60. The molecule has 0 saturated carbocycles. The summed E-state index contributed by atoms with van der Waals surface area (Å²) in [6.45, 7) is 23.4. The SMILES string of the molecule is CCCCOCC1CN(C(C(=O)OC(C)(C)CC(C)C)C(C)C)C(C(C)Cc2ccc(C(C)C)cc2)O1. The van der Waals surface area contributed by atoms with Crippen LogP contribution in [-0.4, -0.2) is 54.6 Å². The lowest BCUT2D eigenvalue weighted by Crippen LogP contribution is -2.52. The smallest absolute Gasteiger partial charge is 0.324 e. The van der Waals surface area contributed by atoms with E-state index in [0.717, 1.165) is 32.3 Å². The predicted octanol–water partition coefficient (Wildman–Crippen LogP) is 7.22. The van der Waals surface area contributed by atoms with Crippen molar-refractivity contribution in [2.75, 3.05) is 19.8 Å². The summed E-state index contributed by atoms with van der Waals surface area (Å²) in [4.78, 5) is 15.9. The van der Waals surface area contributed by atoms with Gasteiger partial charge in [-0.05, 0) is 67.9 Å². The van der Waals surface area contributed by atoms with Crippen molar-refractivity contribution < 1.29 is 19.0 Å². The number of hydrogen-bond acceptors (Lipinski definition) is 5. The predicted molar refractivity (Wildman–Crippen MR) is 153 cm³/mol. The molecule has 37 heavy (non-hydrogen) atoms. The second-order valence-electron chi connectivity index (χ2n) is 12.8. The van der Waals surface area contributed by atoms with Crippen molar-refractivity contribution in [3.8, 4) is 0 Å². The van der Waals surface area contributed by atoms with Gasteiger partial charge < -0.3 is 14.2 Å². The van der Waals surface area contributed by atoms with Gasteiger partial charge in [0.25, 0.3) is 0 Å². The third kappa shape index (κ3) is 10.00. The minimum absolute atomic E-state index is 0.0506. The molecule has 4 unspecified atom stereocenters. The molecule has 5 nitrogen and oxygen atoms in total. The molecule has 5 heteroatoms. The van der Waals surface area contributed by atoms with Crippen LogP contribution < -0.4 is 0 Å². The largest absolute Gasteiger partial charge is 0.458 e. The van der Waals surface area contributed by atoms with Crippen LogP contribution in [0.1, 0.15) is 106 Å². The zero-order valence-corrected chi connectivity index (χ0v) is 25.4. The molecule has 0 aliphatic carbocycles. The third-order valence-corrected chi connectivity index (χ3v) is 7.22. The molecule has 0 N–H and O–H groups in total. The first-order chi connectivity index (χ1) is 17.3. The Morgan fingerprint density at radius 1 is 1.08 bits per heavy atom. The van der Waals surface area contributed by atoms with Crippen LogP contribution >= 0.6 is 0 Å². The van der Waals surface area contributed by atoms with E-state index < -0.39 is 5.60 Å². The average molecular weight is 518 g/mol. The standard InChI is InChI=1S/C32H55NO4/c1-11-12-17-35-21-28-20-33(29(24(6)7)31(34)37-32(9,10)19-22(2)3)30(36-28)25(8)18-26-13-15-27(16-14-26)23(4)5/h13-16,22-25,28-30H,11-12,17-21H2,1-10H3. The molecule has 1 fully saturated rings. The summed E-state index contributed by atoms with van der Waals surface area (Å²) in [5, 5.41) is 0. The number of nitrogens with zero attached hydrogens (tertiary/aromatic N) is 1. The molecule has 0 amide bonds. The molecule has 212 valence electrons. The van der Waals surface area contributed by atoms with Crippen molar-refractivity contribution in [3.05, 3.63) is 35.4 Å². The highest BCUT2D eigenvalue weighted by atomic mass is 16.6. The van der Waals surface area contributed by atoms with E-state index in [0.29, 0.717) is 25.0 Å². The maximum absolute atomic E-state index is 13.7. The zero-order valence-electron chi connectivity index (χ0n) is 25.4. The Bertz CT molecular complexity index is 802. The molecule has 4 atom stereocenters. The van der Waals surface area contributed by atoms with Gasteiger partial charge in [-0.2, -0.15) is 0 Å². The fourth-order valence-corrected chi connectivity index (χ4v) is 5.60. The summed E-state index contributed by atoms with van der Waals surface area (Å²) in [7, 11) is 0. The monoisotopic (exact) mass is 517 g/mol. The molecular weight excluding hydrogens is 462 g/mol. The lowest BCUT2D eigenvalue weighted by atomic mass is 9.93. The number of carbonyl (C=O) groups is 1. The lowest BCUT2D eigenvalue weighted by Gasteiger charge is -2.37. The van der Waals surface area contributed by atoms with Crippen LogP contribution in [0.15, 0.2) is 24.3 Å². The van der Waals surface area contributed by atoms with Crippen molar-refractivity contribution in [1.82, 2.24) is 4.90 Å². The number of esters is 1. The average Bonchev–Trinajstić information content (AvgIpc) is 3.19. The molecule has 2 rings (SSSR count). The summed E-state index contributed by atoms with van der Waals surface area (Å²) < 4.78 is 18.7. The molecule has 1 heterocycles. The van der Waals surface area contributed by atoms with Gasteiger partial charge >= 0.3 is 5.97 Å². The van der Waals surface area contributed by atoms with Gasteiger partial charge in [0.05, 0.1) is 12.7 Å². The number of unbranched alkanes of at least 4 members (excludes halogenated alkanes) is 1. The minimum atomic E-state index is -0.499. The van der Waals surface area contributed by atoms with E-state index in [1.54, 1.807) is 0 Å². The molecular formula is C32H55NO4. The molecule has 1 aromatic rings. The van der Waals surface area contributed by atoms with Crippen LogP contribution in [-0.2, 0) is 25.4 Å². The molecule has 0 bridgehead atoms. The van der Waals surface area contributed by atoms with Crippen molar-refractivity contribution in [2.24, 2.45) is 17.8 Å². The summed E-state index contributed by atoms with van der Waals surface area (Å²) in [5.41, 5.74) is 2.15. The van der Waals surface area contributed by atoms with E-state index in [1.807, 2.05) is 13.8 Å². The normalized spacial score (nSPS) is 20.7. The highest BCUT2D eigenvalue weighted by Crippen LogP contribution is 2.32. The maximum Gasteiger partial charge on any atom is 0.324 e. The Kier molecular flexibility index (Phi) is 12.6. The summed E-state index contributed by atoms with van der Waals surface area (Å²) >= 11 is 0. The molecule has 0 spiro atoms. The number of ether oxygens (including phenoxy) is 3. The summed E-state index contributed by atoms with van der Waals surface area (Å²) in [6.07, 6.45) is 3.67. The van der Waals surface area contributed by atoms with Crippen LogP contribution in [0.25, 0.3) is 0 Å². The van der Waals surface area contributed by atoms with Gasteiger partial charge in [0.15, 0.2) is 0 Å². The van der Waals surface area contributed by atoms with Gasteiger partial charge in [0.2, 0.25) is 0 Å². The van der Waals surface area contributed by atoms with Gasteiger partial charge in [-0.25, -0.2) is 0 Å². The Morgan fingerprint density at radius 2 is 1.73 bits per heavy atom. The Hall–Kier alpha value is -1.43. The highest BCUT2D eigenvalue weighted by molar-refractivity contribution is 5.76. The molecule has 1 aliphatic rings. The van der Waals surface area contributed by atoms with E-state index in [-0.39, 0.29) is 36.2 Å². The molecule has 0 aromatic heterocycles. The second-order valence-corrected chi connectivity index (χ2v) is 12.8. The Labute approximate surface area is 227 Å². The van der Waals surface area contributed by atoms with E-state index in [9.17, 15) is 4.79 Å². The van der Waals surface area contributed by atoms with Crippen molar-refractivity contribution in [1.29, 1.82) is 0 Å². The van der Waals surface area contributed by atoms with Gasteiger partial charge in [-0.3, -0.25) is 9.69 Å². The Morgan fingerprint density at radius 3 is 2.27 bits per heavy atom. The maximum atomic E-state index is 13.7. The summed E-state index contributed by atoms with van der Waals surface area (Å²) in [5.74, 6) is 1.14. The van der Waals surface area contributed by atoms with Crippen LogP contribution in [0.4, 0.5) is 0 Å². The van der Waals surface area contributed by atoms with E-state index >= 15 is 0 Å². The third-order valence-electron chi connectivity index (χ3n) is 7.22. The zero-order chi connectivity index (χ0) is 27.8. The number of rotatable bonds is 15. The molecule has 0 radical (unpaired) electrons. The van der Waals surface area contributed by atoms with Gasteiger partial charge in [0.1, 0.15) is 17.9 Å². The first kappa shape index (κ1) is 31.8. The van der Waals surface area contributed by atoms with Crippen LogP contribution in [0, 0.1) is 17.8 Å². The van der Waals surface area contributed by atoms with Crippen molar-refractivity contribution in [3.63, 3.8) is 0 Å². The second kappa shape index (κ2) is 14.6. The van der Waals surface area contributed by atoms with Gasteiger partial charge in [-0.1, -0.05) is 86.1 Å². The molecule has 1 aromatic carbocycles. The van der Waals surface area contributed by atoms with E-state index in [2.05, 4.69) is 84.6 Å².